The van der Waals surface area contributed by atoms with Crippen LogP contribution in [0.15, 0.2) is 0 Å². The summed E-state index contributed by atoms with van der Waals surface area (Å²) in [6, 6.07) is 0. The second-order valence-corrected chi connectivity index (χ2v) is 3.87. The highest BCUT2D eigenvalue weighted by Crippen LogP contribution is 2.27. The molecule has 0 amide bonds. The quantitative estimate of drug-likeness (QED) is 0.510. The first-order chi connectivity index (χ1) is 5.98. The van der Waals surface area contributed by atoms with Crippen LogP contribution in [0.3, 0.4) is 0 Å². The van der Waals surface area contributed by atoms with Gasteiger partial charge in [-0.1, -0.05) is 20.8 Å². The minimum absolute atomic E-state index is 0.374. The van der Waals surface area contributed by atoms with Crippen LogP contribution in [0.2, 0.25) is 0 Å². The van der Waals surface area contributed by atoms with Crippen LogP contribution >= 0.6 is 0 Å². The summed E-state index contributed by atoms with van der Waals surface area (Å²) in [5, 5.41) is 8.91. The van der Waals surface area contributed by atoms with Gasteiger partial charge in [-0.25, -0.2) is 0 Å². The van der Waals surface area contributed by atoms with Gasteiger partial charge in [0.1, 0.15) is 11.7 Å². The first kappa shape index (κ1) is 12.1. The molecule has 0 aromatic rings. The van der Waals surface area contributed by atoms with E-state index in [1.54, 1.807) is 6.92 Å². The van der Waals surface area contributed by atoms with Crippen LogP contribution in [0.4, 0.5) is 0 Å². The third kappa shape index (κ3) is 3.17. The van der Waals surface area contributed by atoms with Gasteiger partial charge in [0.25, 0.3) is 0 Å². The van der Waals surface area contributed by atoms with Crippen LogP contribution in [0.25, 0.3) is 0 Å². The molecule has 3 heteroatoms. The molecule has 0 bridgehead atoms. The Kier molecular flexibility index (Phi) is 4.67. The molecule has 0 aromatic heterocycles. The number of aliphatic carboxylic acids is 1. The van der Waals surface area contributed by atoms with E-state index >= 15 is 0 Å². The Morgan fingerprint density at radius 1 is 1.54 bits per heavy atom. The van der Waals surface area contributed by atoms with Gasteiger partial charge in [0.15, 0.2) is 0 Å². The first-order valence-electron chi connectivity index (χ1n) is 4.68. The maximum absolute atomic E-state index is 10.9. The standard InChI is InChI=1S/C10H18O3/c1-4-10(7-11,9(12)13)6-5-8(2)3/h7-8H,4-6H2,1-3H3,(H,12,13). The van der Waals surface area contributed by atoms with E-state index in [0.717, 1.165) is 6.42 Å². The molecule has 3 nitrogen and oxygen atoms in total. The number of carboxylic acid groups (broad SMARTS) is 1. The average molecular weight is 186 g/mol. The molecule has 0 saturated carbocycles. The van der Waals surface area contributed by atoms with Crippen LogP contribution in [-0.2, 0) is 9.59 Å². The number of carboxylic acids is 1. The average Bonchev–Trinajstić information content (AvgIpc) is 2.06. The van der Waals surface area contributed by atoms with E-state index in [1.807, 2.05) is 13.8 Å². The van der Waals surface area contributed by atoms with Gasteiger partial charge in [-0.3, -0.25) is 4.79 Å². The van der Waals surface area contributed by atoms with Crippen LogP contribution in [0, 0.1) is 11.3 Å². The van der Waals surface area contributed by atoms with Gasteiger partial charge in [-0.2, -0.15) is 0 Å². The lowest BCUT2D eigenvalue weighted by atomic mass is 9.80. The molecule has 0 radical (unpaired) electrons. The van der Waals surface area contributed by atoms with Crippen molar-refractivity contribution >= 4 is 12.3 Å². The Labute approximate surface area is 79.1 Å². The zero-order valence-electron chi connectivity index (χ0n) is 8.54. The van der Waals surface area contributed by atoms with E-state index < -0.39 is 11.4 Å². The highest BCUT2D eigenvalue weighted by atomic mass is 16.4. The number of carbonyl (C=O) groups excluding carboxylic acids is 1. The summed E-state index contributed by atoms with van der Waals surface area (Å²) in [5.74, 6) is -0.559. The smallest absolute Gasteiger partial charge is 0.316 e. The Morgan fingerprint density at radius 3 is 2.31 bits per heavy atom. The summed E-state index contributed by atoms with van der Waals surface area (Å²) in [6.45, 7) is 5.78. The van der Waals surface area contributed by atoms with Crippen molar-refractivity contribution in [2.45, 2.75) is 40.0 Å². The molecule has 0 aliphatic rings. The van der Waals surface area contributed by atoms with Crippen molar-refractivity contribution in [1.29, 1.82) is 0 Å². The van der Waals surface area contributed by atoms with Crippen molar-refractivity contribution in [1.82, 2.24) is 0 Å². The molecule has 0 fully saturated rings. The van der Waals surface area contributed by atoms with Crippen LogP contribution < -0.4 is 0 Å². The summed E-state index contributed by atoms with van der Waals surface area (Å²) in [5.41, 5.74) is -1.15. The van der Waals surface area contributed by atoms with Crippen molar-refractivity contribution < 1.29 is 14.7 Å². The molecular formula is C10H18O3. The third-order valence-electron chi connectivity index (χ3n) is 2.45. The molecular weight excluding hydrogens is 168 g/mol. The molecule has 0 rings (SSSR count). The van der Waals surface area contributed by atoms with Gasteiger partial charge in [0.05, 0.1) is 0 Å². The Morgan fingerprint density at radius 2 is 2.08 bits per heavy atom. The third-order valence-corrected chi connectivity index (χ3v) is 2.45. The van der Waals surface area contributed by atoms with Gasteiger partial charge in [0, 0.05) is 0 Å². The van der Waals surface area contributed by atoms with Crippen molar-refractivity contribution in [2.24, 2.45) is 11.3 Å². The number of rotatable bonds is 6. The Balaban J connectivity index is 4.40. The molecule has 0 spiro atoms. The molecule has 0 aromatic carbocycles. The fraction of sp³-hybridized carbons (Fsp3) is 0.800. The van der Waals surface area contributed by atoms with Gasteiger partial charge in [0.2, 0.25) is 0 Å². The molecule has 0 saturated heterocycles. The molecule has 0 heterocycles. The second-order valence-electron chi connectivity index (χ2n) is 3.87. The van der Waals surface area contributed by atoms with E-state index in [2.05, 4.69) is 0 Å². The zero-order chi connectivity index (χ0) is 10.5. The monoisotopic (exact) mass is 186 g/mol. The summed E-state index contributed by atoms with van der Waals surface area (Å²) in [7, 11) is 0. The molecule has 0 aliphatic heterocycles. The predicted molar refractivity (Wildman–Crippen MR) is 50.5 cm³/mol. The molecule has 76 valence electrons. The molecule has 1 N–H and O–H groups in total. The van der Waals surface area contributed by atoms with E-state index in [-0.39, 0.29) is 0 Å². The first-order valence-corrected chi connectivity index (χ1v) is 4.68. The molecule has 13 heavy (non-hydrogen) atoms. The van der Waals surface area contributed by atoms with Crippen molar-refractivity contribution in [3.63, 3.8) is 0 Å². The lowest BCUT2D eigenvalue weighted by Crippen LogP contribution is -2.32. The predicted octanol–water partition coefficient (Wildman–Crippen LogP) is 2.10. The van der Waals surface area contributed by atoms with Crippen LogP contribution in [-0.4, -0.2) is 17.4 Å². The SMILES string of the molecule is CCC(C=O)(CCC(C)C)C(=O)O. The van der Waals surface area contributed by atoms with Crippen molar-refractivity contribution in [3.8, 4) is 0 Å². The topological polar surface area (TPSA) is 54.4 Å². The molecule has 0 aliphatic carbocycles. The summed E-state index contributed by atoms with van der Waals surface area (Å²) in [4.78, 5) is 21.6. The fourth-order valence-corrected chi connectivity index (χ4v) is 1.17. The van der Waals surface area contributed by atoms with Crippen molar-refractivity contribution in [3.05, 3.63) is 0 Å². The maximum atomic E-state index is 10.9. The van der Waals surface area contributed by atoms with Gasteiger partial charge >= 0.3 is 5.97 Å². The zero-order valence-corrected chi connectivity index (χ0v) is 8.54. The number of hydrogen-bond acceptors (Lipinski definition) is 2. The Hall–Kier alpha value is -0.860. The normalized spacial score (nSPS) is 15.4. The number of hydrogen-bond donors (Lipinski definition) is 1. The highest BCUT2D eigenvalue weighted by molar-refractivity contribution is 5.91. The fourth-order valence-electron chi connectivity index (χ4n) is 1.17. The number of aldehydes is 1. The van der Waals surface area contributed by atoms with E-state index in [0.29, 0.717) is 25.0 Å². The van der Waals surface area contributed by atoms with Crippen molar-refractivity contribution in [2.75, 3.05) is 0 Å². The lowest BCUT2D eigenvalue weighted by molar-refractivity contribution is -0.152. The Bertz CT molecular complexity index is 187. The van der Waals surface area contributed by atoms with Gasteiger partial charge in [-0.05, 0) is 25.2 Å². The van der Waals surface area contributed by atoms with E-state index in [9.17, 15) is 9.59 Å². The lowest BCUT2D eigenvalue weighted by Gasteiger charge is -2.21. The van der Waals surface area contributed by atoms with E-state index in [1.165, 1.54) is 0 Å². The largest absolute Gasteiger partial charge is 0.481 e. The number of carbonyl (C=O) groups is 2. The highest BCUT2D eigenvalue weighted by Gasteiger charge is 2.35. The summed E-state index contributed by atoms with van der Waals surface area (Å²) in [6.07, 6.45) is 2.18. The minimum Gasteiger partial charge on any atom is -0.481 e. The minimum atomic E-state index is -1.15. The maximum Gasteiger partial charge on any atom is 0.316 e. The van der Waals surface area contributed by atoms with E-state index in [4.69, 9.17) is 5.11 Å². The van der Waals surface area contributed by atoms with Gasteiger partial charge < -0.3 is 9.90 Å². The van der Waals surface area contributed by atoms with Crippen LogP contribution in [0.1, 0.15) is 40.0 Å². The summed E-state index contributed by atoms with van der Waals surface area (Å²) < 4.78 is 0. The summed E-state index contributed by atoms with van der Waals surface area (Å²) >= 11 is 0. The van der Waals surface area contributed by atoms with Crippen LogP contribution in [0.5, 0.6) is 0 Å². The van der Waals surface area contributed by atoms with Gasteiger partial charge in [-0.15, -0.1) is 0 Å². The molecule has 1 atom stereocenters. The second kappa shape index (κ2) is 5.00. The molecule has 1 unspecified atom stereocenters.